The summed E-state index contributed by atoms with van der Waals surface area (Å²) in [6.07, 6.45) is 0. The average molecular weight is 286 g/mol. The van der Waals surface area contributed by atoms with E-state index in [1.807, 2.05) is 12.1 Å². The van der Waals surface area contributed by atoms with Gasteiger partial charge in [-0.1, -0.05) is 37.7 Å². The average Bonchev–Trinajstić information content (AvgIpc) is 2.39. The van der Waals surface area contributed by atoms with E-state index in [4.69, 9.17) is 11.5 Å². The first-order valence-corrected chi connectivity index (χ1v) is 7.26. The van der Waals surface area contributed by atoms with Gasteiger partial charge in [0.1, 0.15) is 0 Å². The molecule has 0 bridgehead atoms. The summed E-state index contributed by atoms with van der Waals surface area (Å²) >= 11 is 1.50. The van der Waals surface area contributed by atoms with E-state index in [2.05, 4.69) is 26.0 Å². The SMILES string of the molecule is CC(C)c1ccc(Sc2cc(N)ccc2C(N)=O)cc1. The Kier molecular flexibility index (Phi) is 4.35. The fraction of sp³-hybridized carbons (Fsp3) is 0.188. The maximum atomic E-state index is 11.4. The molecule has 0 aromatic heterocycles. The summed E-state index contributed by atoms with van der Waals surface area (Å²) in [7, 11) is 0. The van der Waals surface area contributed by atoms with Crippen molar-refractivity contribution in [1.82, 2.24) is 0 Å². The van der Waals surface area contributed by atoms with E-state index >= 15 is 0 Å². The highest BCUT2D eigenvalue weighted by atomic mass is 32.2. The molecule has 0 radical (unpaired) electrons. The highest BCUT2D eigenvalue weighted by Gasteiger charge is 2.10. The van der Waals surface area contributed by atoms with Crippen LogP contribution >= 0.6 is 11.8 Å². The number of carbonyl (C=O) groups excluding carboxylic acids is 1. The van der Waals surface area contributed by atoms with Gasteiger partial charge < -0.3 is 11.5 Å². The third kappa shape index (κ3) is 3.33. The van der Waals surface area contributed by atoms with Crippen LogP contribution < -0.4 is 11.5 Å². The third-order valence-electron chi connectivity index (χ3n) is 3.05. The lowest BCUT2D eigenvalue weighted by molar-refractivity contribution is 0.0997. The van der Waals surface area contributed by atoms with Crippen LogP contribution in [0.4, 0.5) is 5.69 Å². The van der Waals surface area contributed by atoms with Crippen LogP contribution in [-0.4, -0.2) is 5.91 Å². The summed E-state index contributed by atoms with van der Waals surface area (Å²) in [5.41, 5.74) is 13.6. The molecule has 20 heavy (non-hydrogen) atoms. The molecule has 0 heterocycles. The molecule has 4 heteroatoms. The van der Waals surface area contributed by atoms with Gasteiger partial charge in [-0.3, -0.25) is 4.79 Å². The molecular weight excluding hydrogens is 268 g/mol. The Balaban J connectivity index is 2.29. The first-order valence-electron chi connectivity index (χ1n) is 6.44. The maximum absolute atomic E-state index is 11.4. The molecule has 2 rings (SSSR count). The fourth-order valence-electron chi connectivity index (χ4n) is 1.87. The minimum Gasteiger partial charge on any atom is -0.399 e. The van der Waals surface area contributed by atoms with Gasteiger partial charge in [-0.15, -0.1) is 0 Å². The number of hydrogen-bond donors (Lipinski definition) is 2. The zero-order valence-corrected chi connectivity index (χ0v) is 12.4. The van der Waals surface area contributed by atoms with Crippen LogP contribution in [-0.2, 0) is 0 Å². The number of rotatable bonds is 4. The number of amides is 1. The molecule has 2 aromatic carbocycles. The van der Waals surface area contributed by atoms with E-state index in [-0.39, 0.29) is 0 Å². The molecular formula is C16H18N2OS. The van der Waals surface area contributed by atoms with E-state index in [0.717, 1.165) is 9.79 Å². The number of nitrogen functional groups attached to an aromatic ring is 1. The Morgan fingerprint density at radius 3 is 2.30 bits per heavy atom. The van der Waals surface area contributed by atoms with Gasteiger partial charge in [0.15, 0.2) is 0 Å². The molecule has 0 atom stereocenters. The Morgan fingerprint density at radius 2 is 1.75 bits per heavy atom. The summed E-state index contributed by atoms with van der Waals surface area (Å²) in [6.45, 7) is 4.32. The molecule has 0 saturated heterocycles. The van der Waals surface area contributed by atoms with Gasteiger partial charge >= 0.3 is 0 Å². The van der Waals surface area contributed by atoms with E-state index in [0.29, 0.717) is 17.2 Å². The largest absolute Gasteiger partial charge is 0.399 e. The molecule has 104 valence electrons. The molecule has 1 amide bonds. The van der Waals surface area contributed by atoms with E-state index in [1.54, 1.807) is 18.2 Å². The lowest BCUT2D eigenvalue weighted by atomic mass is 10.0. The molecule has 0 unspecified atom stereocenters. The van der Waals surface area contributed by atoms with Gasteiger partial charge in [0, 0.05) is 15.5 Å². The lowest BCUT2D eigenvalue weighted by Crippen LogP contribution is -2.12. The van der Waals surface area contributed by atoms with Crippen LogP contribution in [0.25, 0.3) is 0 Å². The predicted molar refractivity (Wildman–Crippen MR) is 84.0 cm³/mol. The van der Waals surface area contributed by atoms with Crippen molar-refractivity contribution in [3.8, 4) is 0 Å². The van der Waals surface area contributed by atoms with Crippen LogP contribution in [0.1, 0.15) is 35.7 Å². The molecule has 0 aliphatic carbocycles. The van der Waals surface area contributed by atoms with Crippen molar-refractivity contribution in [3.05, 3.63) is 53.6 Å². The van der Waals surface area contributed by atoms with Crippen LogP contribution in [0.3, 0.4) is 0 Å². The standard InChI is InChI=1S/C16H18N2OS/c1-10(2)11-3-6-13(7-4-11)20-15-9-12(17)5-8-14(15)16(18)19/h3-10H,17H2,1-2H3,(H2,18,19). The number of hydrogen-bond acceptors (Lipinski definition) is 3. The highest BCUT2D eigenvalue weighted by molar-refractivity contribution is 7.99. The fourth-order valence-corrected chi connectivity index (χ4v) is 2.87. The number of carbonyl (C=O) groups is 1. The second-order valence-electron chi connectivity index (χ2n) is 4.95. The van der Waals surface area contributed by atoms with E-state index < -0.39 is 5.91 Å². The van der Waals surface area contributed by atoms with Gasteiger partial charge in [0.2, 0.25) is 5.91 Å². The molecule has 3 nitrogen and oxygen atoms in total. The summed E-state index contributed by atoms with van der Waals surface area (Å²) in [6, 6.07) is 13.4. The highest BCUT2D eigenvalue weighted by Crippen LogP contribution is 2.32. The molecule has 0 spiro atoms. The smallest absolute Gasteiger partial charge is 0.249 e. The summed E-state index contributed by atoms with van der Waals surface area (Å²) < 4.78 is 0. The number of primary amides is 1. The third-order valence-corrected chi connectivity index (χ3v) is 4.11. The molecule has 0 fully saturated rings. The van der Waals surface area contributed by atoms with Crippen molar-refractivity contribution in [2.45, 2.75) is 29.6 Å². The van der Waals surface area contributed by atoms with Crippen molar-refractivity contribution < 1.29 is 4.79 Å². The predicted octanol–water partition coefficient (Wildman–Crippen LogP) is 3.64. The quantitative estimate of drug-likeness (QED) is 0.843. The molecule has 0 aliphatic heterocycles. The zero-order valence-electron chi connectivity index (χ0n) is 11.6. The molecule has 0 aliphatic rings. The van der Waals surface area contributed by atoms with Crippen LogP contribution in [0.5, 0.6) is 0 Å². The second-order valence-corrected chi connectivity index (χ2v) is 6.06. The minimum atomic E-state index is -0.439. The number of benzene rings is 2. The van der Waals surface area contributed by atoms with Crippen molar-refractivity contribution >= 4 is 23.4 Å². The molecule has 4 N–H and O–H groups in total. The van der Waals surface area contributed by atoms with Crippen molar-refractivity contribution in [2.24, 2.45) is 5.73 Å². The van der Waals surface area contributed by atoms with Crippen LogP contribution in [0.2, 0.25) is 0 Å². The van der Waals surface area contributed by atoms with Gasteiger partial charge in [-0.25, -0.2) is 0 Å². The van der Waals surface area contributed by atoms with Crippen molar-refractivity contribution in [2.75, 3.05) is 5.73 Å². The van der Waals surface area contributed by atoms with E-state index in [9.17, 15) is 4.79 Å². The Labute approximate surface area is 123 Å². The Morgan fingerprint density at radius 1 is 1.10 bits per heavy atom. The monoisotopic (exact) mass is 286 g/mol. The Bertz CT molecular complexity index is 621. The van der Waals surface area contributed by atoms with Crippen LogP contribution in [0.15, 0.2) is 52.3 Å². The summed E-state index contributed by atoms with van der Waals surface area (Å²) in [4.78, 5) is 13.3. The Hall–Kier alpha value is -1.94. The molecule has 0 saturated carbocycles. The zero-order chi connectivity index (χ0) is 14.7. The van der Waals surface area contributed by atoms with Gasteiger partial charge in [0.05, 0.1) is 5.56 Å². The normalized spacial score (nSPS) is 10.8. The number of nitrogens with two attached hydrogens (primary N) is 2. The second kappa shape index (κ2) is 6.01. The maximum Gasteiger partial charge on any atom is 0.249 e. The van der Waals surface area contributed by atoms with Crippen molar-refractivity contribution in [3.63, 3.8) is 0 Å². The summed E-state index contributed by atoms with van der Waals surface area (Å²) in [5, 5.41) is 0. The summed E-state index contributed by atoms with van der Waals surface area (Å²) in [5.74, 6) is 0.0638. The van der Waals surface area contributed by atoms with Gasteiger partial charge in [-0.05, 0) is 41.8 Å². The first-order chi connectivity index (χ1) is 9.47. The first kappa shape index (κ1) is 14.5. The van der Waals surface area contributed by atoms with Gasteiger partial charge in [0.25, 0.3) is 0 Å². The van der Waals surface area contributed by atoms with E-state index in [1.165, 1.54) is 17.3 Å². The minimum absolute atomic E-state index is 0.439. The van der Waals surface area contributed by atoms with Crippen molar-refractivity contribution in [1.29, 1.82) is 0 Å². The van der Waals surface area contributed by atoms with Crippen LogP contribution in [0, 0.1) is 0 Å². The molecule has 2 aromatic rings. The number of anilines is 1. The lowest BCUT2D eigenvalue weighted by Gasteiger charge is -2.09. The van der Waals surface area contributed by atoms with Gasteiger partial charge in [-0.2, -0.15) is 0 Å². The topological polar surface area (TPSA) is 69.1 Å².